The molecule has 31 heavy (non-hydrogen) atoms. The number of nitrogens with one attached hydrogen (secondary N) is 2. The van der Waals surface area contributed by atoms with Gasteiger partial charge in [0.1, 0.15) is 11.7 Å². The van der Waals surface area contributed by atoms with Crippen LogP contribution in [0, 0.1) is 24.4 Å². The van der Waals surface area contributed by atoms with Crippen LogP contribution in [0.2, 0.25) is 0 Å². The van der Waals surface area contributed by atoms with E-state index >= 15 is 0 Å². The first kappa shape index (κ1) is 21.4. The molecule has 10 heteroatoms. The molecule has 1 saturated carbocycles. The SMILES string of the molecule is Cc1nc(NC2CC(C)(OCc3cc(F)c(F)c(F)c3)C2)nc2c1NC(=O)[C@H](C)N2C. The molecule has 1 aliphatic heterocycles. The monoisotopic (exact) mass is 435 g/mol. The van der Waals surface area contributed by atoms with Crippen LogP contribution in [0.3, 0.4) is 0 Å². The number of hydrogen-bond acceptors (Lipinski definition) is 6. The highest BCUT2D eigenvalue weighted by Crippen LogP contribution is 2.39. The Morgan fingerprint density at radius 1 is 1.26 bits per heavy atom. The lowest BCUT2D eigenvalue weighted by molar-refractivity contribution is -0.117. The van der Waals surface area contributed by atoms with Gasteiger partial charge >= 0.3 is 0 Å². The summed E-state index contributed by atoms with van der Waals surface area (Å²) in [5, 5.41) is 6.13. The molecule has 2 heterocycles. The van der Waals surface area contributed by atoms with Crippen molar-refractivity contribution in [1.82, 2.24) is 9.97 Å². The summed E-state index contributed by atoms with van der Waals surface area (Å²) in [6.45, 7) is 5.50. The van der Waals surface area contributed by atoms with Crippen molar-refractivity contribution in [3.8, 4) is 0 Å². The fourth-order valence-corrected chi connectivity index (χ4v) is 3.94. The van der Waals surface area contributed by atoms with Crippen molar-refractivity contribution < 1.29 is 22.7 Å². The standard InChI is InChI=1S/C21H24F3N5O2/c1-10-17-18(29(4)11(2)19(30)27-17)28-20(25-10)26-13-7-21(3,8-13)31-9-12-5-14(22)16(24)15(23)6-12/h5-6,11,13H,7-9H2,1-4H3,(H,27,30)(H,25,26,28)/t11-,13?,21?/m0/s1. The Bertz CT molecular complexity index is 1020. The van der Waals surface area contributed by atoms with Crippen molar-refractivity contribution in [3.63, 3.8) is 0 Å². The minimum atomic E-state index is -1.48. The van der Waals surface area contributed by atoms with Gasteiger partial charge in [-0.3, -0.25) is 4.79 Å². The predicted octanol–water partition coefficient (Wildman–Crippen LogP) is 3.53. The highest BCUT2D eigenvalue weighted by molar-refractivity contribution is 6.03. The number of hydrogen-bond donors (Lipinski definition) is 2. The summed E-state index contributed by atoms with van der Waals surface area (Å²) in [6.07, 6.45) is 1.28. The zero-order chi connectivity index (χ0) is 22.5. The Balaban J connectivity index is 1.38. The third kappa shape index (κ3) is 4.04. The summed E-state index contributed by atoms with van der Waals surface area (Å²) in [5.74, 6) is -2.93. The molecule has 0 bridgehead atoms. The largest absolute Gasteiger partial charge is 0.370 e. The zero-order valence-corrected chi connectivity index (χ0v) is 17.7. The molecule has 1 fully saturated rings. The molecule has 0 radical (unpaired) electrons. The lowest BCUT2D eigenvalue weighted by Crippen LogP contribution is -2.50. The quantitative estimate of drug-likeness (QED) is 0.700. The topological polar surface area (TPSA) is 79.4 Å². The molecule has 0 spiro atoms. The Morgan fingerprint density at radius 2 is 1.90 bits per heavy atom. The van der Waals surface area contributed by atoms with E-state index in [1.54, 1.807) is 6.92 Å². The summed E-state index contributed by atoms with van der Waals surface area (Å²) >= 11 is 0. The average Bonchev–Trinajstić information content (AvgIpc) is 2.68. The molecule has 2 N–H and O–H groups in total. The molecule has 1 atom stereocenters. The fraction of sp³-hybridized carbons (Fsp3) is 0.476. The third-order valence-corrected chi connectivity index (χ3v) is 5.93. The number of ether oxygens (including phenoxy) is 1. The first-order valence-electron chi connectivity index (χ1n) is 10.0. The van der Waals surface area contributed by atoms with Gasteiger partial charge in [0.15, 0.2) is 23.3 Å². The van der Waals surface area contributed by atoms with E-state index in [1.807, 2.05) is 25.8 Å². The van der Waals surface area contributed by atoms with Gasteiger partial charge in [-0.15, -0.1) is 0 Å². The van der Waals surface area contributed by atoms with Crippen LogP contribution in [0.25, 0.3) is 0 Å². The van der Waals surface area contributed by atoms with Crippen molar-refractivity contribution in [2.75, 3.05) is 22.6 Å². The van der Waals surface area contributed by atoms with Crippen LogP contribution >= 0.6 is 0 Å². The second kappa shape index (κ2) is 7.67. The lowest BCUT2D eigenvalue weighted by atomic mass is 9.77. The van der Waals surface area contributed by atoms with Gasteiger partial charge < -0.3 is 20.3 Å². The van der Waals surface area contributed by atoms with Gasteiger partial charge in [0.2, 0.25) is 11.9 Å². The second-order valence-corrected chi connectivity index (χ2v) is 8.47. The second-order valence-electron chi connectivity index (χ2n) is 8.47. The molecular weight excluding hydrogens is 411 g/mol. The van der Waals surface area contributed by atoms with Gasteiger partial charge in [0, 0.05) is 13.1 Å². The molecule has 1 aromatic heterocycles. The Labute approximate surface area is 178 Å². The van der Waals surface area contributed by atoms with Crippen LogP contribution in [-0.2, 0) is 16.1 Å². The lowest BCUT2D eigenvalue weighted by Gasteiger charge is -2.45. The molecule has 0 saturated heterocycles. The predicted molar refractivity (Wildman–Crippen MR) is 109 cm³/mol. The Morgan fingerprint density at radius 3 is 2.55 bits per heavy atom. The van der Waals surface area contributed by atoms with E-state index in [9.17, 15) is 18.0 Å². The van der Waals surface area contributed by atoms with Crippen LogP contribution in [0.1, 0.15) is 37.9 Å². The van der Waals surface area contributed by atoms with Crippen LogP contribution in [0.4, 0.5) is 30.6 Å². The number of amides is 1. The molecule has 1 aliphatic carbocycles. The van der Waals surface area contributed by atoms with Gasteiger partial charge in [-0.25, -0.2) is 18.2 Å². The highest BCUT2D eigenvalue weighted by Gasteiger charge is 2.42. The van der Waals surface area contributed by atoms with Crippen LogP contribution in [0.5, 0.6) is 0 Å². The zero-order valence-electron chi connectivity index (χ0n) is 17.7. The van der Waals surface area contributed by atoms with Gasteiger partial charge in [0.05, 0.1) is 17.9 Å². The molecule has 1 amide bonds. The molecule has 166 valence electrons. The Hall–Kier alpha value is -2.88. The number of carbonyl (C=O) groups is 1. The number of anilines is 3. The number of fused-ring (bicyclic) bond motifs is 1. The van der Waals surface area contributed by atoms with Crippen molar-refractivity contribution in [3.05, 3.63) is 40.8 Å². The number of nitrogens with zero attached hydrogens (tertiary/aromatic N) is 3. The number of rotatable bonds is 5. The van der Waals surface area contributed by atoms with Crippen LogP contribution in [0.15, 0.2) is 12.1 Å². The fourth-order valence-electron chi connectivity index (χ4n) is 3.94. The maximum atomic E-state index is 13.4. The minimum Gasteiger partial charge on any atom is -0.370 e. The van der Waals surface area contributed by atoms with Crippen LogP contribution < -0.4 is 15.5 Å². The molecule has 4 rings (SSSR count). The first-order valence-corrected chi connectivity index (χ1v) is 10.0. The number of likely N-dealkylation sites (N-methyl/N-ethyl adjacent to an activating group) is 1. The molecule has 1 aromatic carbocycles. The van der Waals surface area contributed by atoms with E-state index < -0.39 is 23.1 Å². The highest BCUT2D eigenvalue weighted by atomic mass is 19.2. The number of aryl methyl sites for hydroxylation is 1. The summed E-state index contributed by atoms with van der Waals surface area (Å²) < 4.78 is 45.6. The van der Waals surface area contributed by atoms with Crippen molar-refractivity contribution in [2.24, 2.45) is 0 Å². The minimum absolute atomic E-state index is 0.0197. The molecule has 7 nitrogen and oxygen atoms in total. The van der Waals surface area contributed by atoms with E-state index in [0.717, 1.165) is 12.1 Å². The van der Waals surface area contributed by atoms with Gasteiger partial charge in [-0.2, -0.15) is 4.98 Å². The van der Waals surface area contributed by atoms with Crippen molar-refractivity contribution >= 4 is 23.4 Å². The maximum Gasteiger partial charge on any atom is 0.246 e. The average molecular weight is 435 g/mol. The van der Waals surface area contributed by atoms with Gasteiger partial charge in [-0.1, -0.05) is 0 Å². The summed E-state index contributed by atoms with van der Waals surface area (Å²) in [6, 6.07) is 1.60. The third-order valence-electron chi connectivity index (χ3n) is 5.93. The normalized spacial score (nSPS) is 25.0. The Kier molecular flexibility index (Phi) is 5.28. The number of benzene rings is 1. The smallest absolute Gasteiger partial charge is 0.246 e. The van der Waals surface area contributed by atoms with E-state index in [-0.39, 0.29) is 30.2 Å². The summed E-state index contributed by atoms with van der Waals surface area (Å²) in [5.41, 5.74) is 1.03. The van der Waals surface area contributed by atoms with E-state index in [1.165, 1.54) is 0 Å². The number of halogens is 3. The molecule has 2 aliphatic rings. The van der Waals surface area contributed by atoms with Crippen molar-refractivity contribution in [2.45, 2.75) is 57.9 Å². The molecule has 2 aromatic rings. The van der Waals surface area contributed by atoms with Crippen LogP contribution in [-0.4, -0.2) is 40.6 Å². The maximum absolute atomic E-state index is 13.4. The van der Waals surface area contributed by atoms with E-state index in [0.29, 0.717) is 36.0 Å². The van der Waals surface area contributed by atoms with Gasteiger partial charge in [-0.05, 0) is 51.3 Å². The van der Waals surface area contributed by atoms with E-state index in [4.69, 9.17) is 4.74 Å². The molecule has 0 unspecified atom stereocenters. The van der Waals surface area contributed by atoms with Gasteiger partial charge in [0.25, 0.3) is 0 Å². The first-order chi connectivity index (χ1) is 14.6. The van der Waals surface area contributed by atoms with Crippen molar-refractivity contribution in [1.29, 1.82) is 0 Å². The number of carbonyl (C=O) groups excluding carboxylic acids is 1. The van der Waals surface area contributed by atoms with E-state index in [2.05, 4.69) is 20.6 Å². The number of aromatic nitrogens is 2. The summed E-state index contributed by atoms with van der Waals surface area (Å²) in [4.78, 5) is 22.8. The molecular formula is C21H24F3N5O2. The summed E-state index contributed by atoms with van der Waals surface area (Å²) in [7, 11) is 1.81.